The zero-order valence-corrected chi connectivity index (χ0v) is 15.7. The number of para-hydroxylation sites is 1. The minimum absolute atomic E-state index is 0.126. The summed E-state index contributed by atoms with van der Waals surface area (Å²) in [6, 6.07) is 7.36. The maximum atomic E-state index is 12.4. The van der Waals surface area contributed by atoms with Gasteiger partial charge in [0.25, 0.3) is 5.91 Å². The van der Waals surface area contributed by atoms with Crippen molar-refractivity contribution in [3.63, 3.8) is 0 Å². The number of carbonyl (C=O) groups excluding carboxylic acids is 1. The fourth-order valence-corrected chi connectivity index (χ4v) is 3.49. The highest BCUT2D eigenvalue weighted by Crippen LogP contribution is 2.18. The molecule has 0 radical (unpaired) electrons. The quantitative estimate of drug-likeness (QED) is 0.874. The summed E-state index contributed by atoms with van der Waals surface area (Å²) in [4.78, 5) is 19.1. The van der Waals surface area contributed by atoms with Crippen molar-refractivity contribution in [2.24, 2.45) is 0 Å². The lowest BCUT2D eigenvalue weighted by molar-refractivity contribution is 0.0909. The normalized spacial score (nSPS) is 18.1. The Morgan fingerprint density at radius 3 is 2.96 bits per heavy atom. The van der Waals surface area contributed by atoms with Crippen LogP contribution in [0, 0.1) is 0 Å². The monoisotopic (exact) mass is 375 g/mol. The standard InChI is InChI=1S/C19H25N3O3S/c23-19-16-5-1-2-6-17(16)25-13-10-22(15-18-20-8-14-26-18)9-3-4-11-24-12-7-21-19/h1-2,5-6,8,14H,3-4,7,9-13,15H2,(H,21,23). The number of aromatic nitrogens is 1. The minimum atomic E-state index is -0.126. The predicted octanol–water partition coefficient (Wildman–Crippen LogP) is 2.56. The number of fused-ring (bicyclic) bond motifs is 1. The van der Waals surface area contributed by atoms with Gasteiger partial charge >= 0.3 is 0 Å². The molecule has 1 aromatic carbocycles. The zero-order valence-electron chi connectivity index (χ0n) is 14.9. The van der Waals surface area contributed by atoms with Crippen LogP contribution >= 0.6 is 11.3 Å². The number of thiazole rings is 1. The molecule has 1 aliphatic rings. The summed E-state index contributed by atoms with van der Waals surface area (Å²) in [7, 11) is 0. The minimum Gasteiger partial charge on any atom is -0.491 e. The Morgan fingerprint density at radius 1 is 1.15 bits per heavy atom. The summed E-state index contributed by atoms with van der Waals surface area (Å²) in [5.41, 5.74) is 0.564. The molecule has 6 nitrogen and oxygen atoms in total. The molecule has 26 heavy (non-hydrogen) atoms. The number of carbonyl (C=O) groups is 1. The summed E-state index contributed by atoms with van der Waals surface area (Å²) >= 11 is 1.67. The molecule has 7 heteroatoms. The molecule has 2 heterocycles. The van der Waals surface area contributed by atoms with E-state index in [4.69, 9.17) is 9.47 Å². The molecule has 0 bridgehead atoms. The van der Waals surface area contributed by atoms with Crippen LogP contribution in [0.25, 0.3) is 0 Å². The lowest BCUT2D eigenvalue weighted by Gasteiger charge is -2.21. The first kappa shape index (κ1) is 18.8. The van der Waals surface area contributed by atoms with Crippen molar-refractivity contribution in [1.82, 2.24) is 15.2 Å². The maximum Gasteiger partial charge on any atom is 0.255 e. The molecule has 1 aliphatic heterocycles. The van der Waals surface area contributed by atoms with E-state index in [1.165, 1.54) is 0 Å². The van der Waals surface area contributed by atoms with Gasteiger partial charge in [-0.15, -0.1) is 11.3 Å². The molecular formula is C19H25N3O3S. The van der Waals surface area contributed by atoms with Gasteiger partial charge in [-0.25, -0.2) is 4.98 Å². The summed E-state index contributed by atoms with van der Waals surface area (Å²) in [6.07, 6.45) is 3.91. The van der Waals surface area contributed by atoms with Gasteiger partial charge < -0.3 is 14.8 Å². The largest absolute Gasteiger partial charge is 0.491 e. The van der Waals surface area contributed by atoms with Crippen molar-refractivity contribution in [2.75, 3.05) is 39.5 Å². The van der Waals surface area contributed by atoms with Crippen LogP contribution in [0.1, 0.15) is 28.2 Å². The van der Waals surface area contributed by atoms with Crippen LogP contribution in [0.4, 0.5) is 0 Å². The average molecular weight is 375 g/mol. The van der Waals surface area contributed by atoms with Gasteiger partial charge in [-0.3, -0.25) is 9.69 Å². The van der Waals surface area contributed by atoms with E-state index >= 15 is 0 Å². The Kier molecular flexibility index (Phi) is 7.42. The van der Waals surface area contributed by atoms with Crippen LogP contribution in [0.3, 0.4) is 0 Å². The Bertz CT molecular complexity index is 678. The molecule has 0 fully saturated rings. The highest BCUT2D eigenvalue weighted by atomic mass is 32.1. The van der Waals surface area contributed by atoms with Gasteiger partial charge in [-0.1, -0.05) is 12.1 Å². The molecule has 1 N–H and O–H groups in total. The first-order chi connectivity index (χ1) is 12.8. The van der Waals surface area contributed by atoms with E-state index in [1.807, 2.05) is 29.8 Å². The van der Waals surface area contributed by atoms with Crippen LogP contribution < -0.4 is 10.1 Å². The fraction of sp³-hybridized carbons (Fsp3) is 0.474. The molecule has 0 atom stereocenters. The zero-order chi connectivity index (χ0) is 18.0. The van der Waals surface area contributed by atoms with Gasteiger partial charge in [0.05, 0.1) is 18.7 Å². The number of hydrogen-bond donors (Lipinski definition) is 1. The summed E-state index contributed by atoms with van der Waals surface area (Å²) in [5.74, 6) is 0.494. The van der Waals surface area contributed by atoms with Gasteiger partial charge in [0, 0.05) is 31.3 Å². The van der Waals surface area contributed by atoms with Crippen molar-refractivity contribution < 1.29 is 14.3 Å². The van der Waals surface area contributed by atoms with Crippen molar-refractivity contribution in [3.05, 3.63) is 46.4 Å². The molecule has 0 saturated heterocycles. The number of hydrogen-bond acceptors (Lipinski definition) is 6. The second-order valence-corrected chi connectivity index (χ2v) is 7.10. The second-order valence-electron chi connectivity index (χ2n) is 6.12. The Morgan fingerprint density at radius 2 is 2.08 bits per heavy atom. The molecule has 3 rings (SSSR count). The van der Waals surface area contributed by atoms with E-state index in [1.54, 1.807) is 17.4 Å². The molecule has 0 saturated carbocycles. The first-order valence-electron chi connectivity index (χ1n) is 9.01. The lowest BCUT2D eigenvalue weighted by atomic mass is 10.2. The average Bonchev–Trinajstić information content (AvgIpc) is 3.16. The van der Waals surface area contributed by atoms with E-state index in [0.717, 1.165) is 37.5 Å². The first-order valence-corrected chi connectivity index (χ1v) is 9.89. The van der Waals surface area contributed by atoms with E-state index in [2.05, 4.69) is 15.2 Å². The van der Waals surface area contributed by atoms with Crippen LogP contribution in [0.5, 0.6) is 5.75 Å². The molecular weight excluding hydrogens is 350 g/mol. The SMILES string of the molecule is O=C1NCCOCCCCN(Cc2nccs2)CCOc2ccccc21. The van der Waals surface area contributed by atoms with Gasteiger partial charge in [0.2, 0.25) is 0 Å². The summed E-state index contributed by atoms with van der Waals surface area (Å²) in [5, 5.41) is 6.00. The Hall–Kier alpha value is -1.96. The third-order valence-electron chi connectivity index (χ3n) is 4.18. The van der Waals surface area contributed by atoms with Crippen LogP contribution in [-0.2, 0) is 11.3 Å². The number of benzene rings is 1. The summed E-state index contributed by atoms with van der Waals surface area (Å²) in [6.45, 7) is 4.87. The molecule has 0 unspecified atom stereocenters. The maximum absolute atomic E-state index is 12.4. The van der Waals surface area contributed by atoms with E-state index in [0.29, 0.717) is 37.7 Å². The highest BCUT2D eigenvalue weighted by molar-refractivity contribution is 7.09. The molecule has 140 valence electrons. The van der Waals surface area contributed by atoms with Crippen LogP contribution in [0.15, 0.2) is 35.8 Å². The van der Waals surface area contributed by atoms with Crippen LogP contribution in [0.2, 0.25) is 0 Å². The van der Waals surface area contributed by atoms with Gasteiger partial charge in [0.1, 0.15) is 17.4 Å². The number of nitrogens with one attached hydrogen (secondary N) is 1. The number of amides is 1. The van der Waals surface area contributed by atoms with E-state index in [9.17, 15) is 4.79 Å². The van der Waals surface area contributed by atoms with E-state index < -0.39 is 0 Å². The second kappa shape index (κ2) is 10.3. The van der Waals surface area contributed by atoms with Crippen molar-refractivity contribution >= 4 is 17.2 Å². The number of nitrogens with zero attached hydrogens (tertiary/aromatic N) is 2. The molecule has 1 aromatic heterocycles. The van der Waals surface area contributed by atoms with Crippen molar-refractivity contribution in [3.8, 4) is 5.75 Å². The molecule has 1 amide bonds. The Labute approximate surface area is 158 Å². The third-order valence-corrected chi connectivity index (χ3v) is 4.95. The van der Waals surface area contributed by atoms with Gasteiger partial charge in [-0.05, 0) is 31.5 Å². The van der Waals surface area contributed by atoms with Gasteiger partial charge in [-0.2, -0.15) is 0 Å². The third kappa shape index (κ3) is 5.79. The predicted molar refractivity (Wildman–Crippen MR) is 102 cm³/mol. The van der Waals surface area contributed by atoms with Gasteiger partial charge in [0.15, 0.2) is 0 Å². The van der Waals surface area contributed by atoms with Crippen molar-refractivity contribution in [2.45, 2.75) is 19.4 Å². The fourth-order valence-electron chi connectivity index (χ4n) is 2.83. The highest BCUT2D eigenvalue weighted by Gasteiger charge is 2.13. The molecule has 0 aliphatic carbocycles. The topological polar surface area (TPSA) is 63.7 Å². The number of rotatable bonds is 2. The summed E-state index contributed by atoms with van der Waals surface area (Å²) < 4.78 is 11.5. The van der Waals surface area contributed by atoms with Crippen LogP contribution in [-0.4, -0.2) is 55.2 Å². The lowest BCUT2D eigenvalue weighted by Crippen LogP contribution is -2.30. The smallest absolute Gasteiger partial charge is 0.255 e. The number of ether oxygens (including phenoxy) is 2. The Balaban J connectivity index is 1.66. The molecule has 0 spiro atoms. The molecule has 2 aromatic rings. The van der Waals surface area contributed by atoms with E-state index in [-0.39, 0.29) is 5.91 Å². The van der Waals surface area contributed by atoms with Crippen molar-refractivity contribution in [1.29, 1.82) is 0 Å².